The van der Waals surface area contributed by atoms with Gasteiger partial charge < -0.3 is 10.1 Å². The Hall–Kier alpha value is -1.49. The summed E-state index contributed by atoms with van der Waals surface area (Å²) in [6.07, 6.45) is 0. The van der Waals surface area contributed by atoms with E-state index in [1.165, 1.54) is 18.2 Å². The zero-order chi connectivity index (χ0) is 15.4. The molecule has 110 valence electrons. The average molecular weight is 349 g/mol. The number of rotatable bonds is 4. The van der Waals surface area contributed by atoms with Crippen molar-refractivity contribution in [2.75, 3.05) is 11.9 Å². The molecule has 0 aliphatic heterocycles. The van der Waals surface area contributed by atoms with E-state index in [9.17, 15) is 9.18 Å². The van der Waals surface area contributed by atoms with Crippen LogP contribution in [0.5, 0.6) is 5.75 Å². The van der Waals surface area contributed by atoms with E-state index in [2.05, 4.69) is 5.32 Å². The lowest BCUT2D eigenvalue weighted by molar-refractivity contribution is -0.118. The molecule has 7 heteroatoms. The Morgan fingerprint density at radius 1 is 1.05 bits per heavy atom. The Morgan fingerprint density at radius 2 is 1.81 bits per heavy atom. The van der Waals surface area contributed by atoms with Crippen LogP contribution >= 0.6 is 34.8 Å². The van der Waals surface area contributed by atoms with Crippen molar-refractivity contribution in [2.45, 2.75) is 0 Å². The van der Waals surface area contributed by atoms with Crippen LogP contribution in [-0.4, -0.2) is 12.5 Å². The van der Waals surface area contributed by atoms with Gasteiger partial charge in [0.15, 0.2) is 6.61 Å². The van der Waals surface area contributed by atoms with Gasteiger partial charge in [0.2, 0.25) is 0 Å². The van der Waals surface area contributed by atoms with Gasteiger partial charge in [-0.05, 0) is 30.3 Å². The number of hydrogen-bond acceptors (Lipinski definition) is 2. The van der Waals surface area contributed by atoms with Crippen molar-refractivity contribution in [3.63, 3.8) is 0 Å². The maximum absolute atomic E-state index is 13.0. The Balaban J connectivity index is 1.92. The van der Waals surface area contributed by atoms with E-state index in [0.29, 0.717) is 21.5 Å². The Morgan fingerprint density at radius 3 is 2.48 bits per heavy atom. The van der Waals surface area contributed by atoms with E-state index >= 15 is 0 Å². The topological polar surface area (TPSA) is 38.3 Å². The fraction of sp³-hybridized carbons (Fsp3) is 0.0714. The van der Waals surface area contributed by atoms with Crippen LogP contribution in [0.25, 0.3) is 0 Å². The molecular weight excluding hydrogens is 340 g/mol. The highest BCUT2D eigenvalue weighted by molar-refractivity contribution is 6.42. The number of halogens is 4. The molecule has 0 unspecified atom stereocenters. The molecule has 0 saturated carbocycles. The molecule has 0 atom stereocenters. The molecule has 0 aromatic heterocycles. The summed E-state index contributed by atoms with van der Waals surface area (Å²) in [4.78, 5) is 11.7. The lowest BCUT2D eigenvalue weighted by Crippen LogP contribution is -2.20. The second-order valence-corrected chi connectivity index (χ2v) is 5.26. The van der Waals surface area contributed by atoms with E-state index in [4.69, 9.17) is 39.5 Å². The quantitative estimate of drug-likeness (QED) is 0.861. The van der Waals surface area contributed by atoms with E-state index in [1.54, 1.807) is 12.1 Å². The fourth-order valence-electron chi connectivity index (χ4n) is 1.49. The summed E-state index contributed by atoms with van der Waals surface area (Å²) in [6, 6.07) is 8.54. The third-order valence-corrected chi connectivity index (χ3v) is 3.49. The summed E-state index contributed by atoms with van der Waals surface area (Å²) in [7, 11) is 0. The van der Waals surface area contributed by atoms with E-state index in [-0.39, 0.29) is 11.6 Å². The first-order valence-electron chi connectivity index (χ1n) is 5.78. The number of carbonyl (C=O) groups excluding carboxylic acids is 1. The second-order valence-electron chi connectivity index (χ2n) is 4.04. The molecule has 2 aromatic rings. The van der Waals surface area contributed by atoms with Crippen LogP contribution in [-0.2, 0) is 4.79 Å². The molecule has 1 amide bonds. The van der Waals surface area contributed by atoms with Crippen molar-refractivity contribution in [2.24, 2.45) is 0 Å². The largest absolute Gasteiger partial charge is 0.484 e. The van der Waals surface area contributed by atoms with Crippen molar-refractivity contribution in [3.05, 3.63) is 57.3 Å². The van der Waals surface area contributed by atoms with Gasteiger partial charge in [-0.3, -0.25) is 4.79 Å². The molecule has 0 radical (unpaired) electrons. The van der Waals surface area contributed by atoms with Crippen molar-refractivity contribution in [3.8, 4) is 5.75 Å². The number of hydrogen-bond donors (Lipinski definition) is 1. The highest BCUT2D eigenvalue weighted by atomic mass is 35.5. The highest BCUT2D eigenvalue weighted by Crippen LogP contribution is 2.26. The molecule has 2 aromatic carbocycles. The van der Waals surface area contributed by atoms with Crippen molar-refractivity contribution < 1.29 is 13.9 Å². The lowest BCUT2D eigenvalue weighted by atomic mass is 10.3. The predicted molar refractivity (Wildman–Crippen MR) is 82.0 cm³/mol. The molecule has 1 N–H and O–H groups in total. The fourth-order valence-corrected chi connectivity index (χ4v) is 1.96. The van der Waals surface area contributed by atoms with Crippen LogP contribution in [0.15, 0.2) is 36.4 Å². The Bertz CT molecular complexity index is 679. The smallest absolute Gasteiger partial charge is 0.262 e. The van der Waals surface area contributed by atoms with E-state index < -0.39 is 11.7 Å². The van der Waals surface area contributed by atoms with Crippen LogP contribution in [0, 0.1) is 5.82 Å². The summed E-state index contributed by atoms with van der Waals surface area (Å²) in [6.45, 7) is -0.229. The van der Waals surface area contributed by atoms with Gasteiger partial charge in [-0.15, -0.1) is 0 Å². The number of benzene rings is 2. The molecule has 21 heavy (non-hydrogen) atoms. The summed E-state index contributed by atoms with van der Waals surface area (Å²) < 4.78 is 18.3. The second kappa shape index (κ2) is 6.98. The Labute approximate surface area is 135 Å². The zero-order valence-electron chi connectivity index (χ0n) is 10.5. The summed E-state index contributed by atoms with van der Waals surface area (Å²) in [5.41, 5.74) is 0.379. The van der Waals surface area contributed by atoms with Gasteiger partial charge in [0, 0.05) is 11.8 Å². The number of amides is 1. The maximum Gasteiger partial charge on any atom is 0.262 e. The molecule has 0 fully saturated rings. The lowest BCUT2D eigenvalue weighted by Gasteiger charge is -2.08. The third kappa shape index (κ3) is 4.49. The van der Waals surface area contributed by atoms with Gasteiger partial charge in [0.05, 0.1) is 15.1 Å². The minimum atomic E-state index is -0.554. The first-order chi connectivity index (χ1) is 9.95. The van der Waals surface area contributed by atoms with Crippen LogP contribution in [0.2, 0.25) is 15.1 Å². The van der Waals surface area contributed by atoms with Crippen molar-refractivity contribution in [1.82, 2.24) is 0 Å². The first kappa shape index (κ1) is 15.9. The number of ether oxygens (including phenoxy) is 1. The van der Waals surface area contributed by atoms with Crippen molar-refractivity contribution >= 4 is 46.4 Å². The SMILES string of the molecule is O=C(COc1ccc(Cl)c(Cl)c1)Nc1ccc(F)c(Cl)c1. The minimum absolute atomic E-state index is 0.0711. The van der Waals surface area contributed by atoms with E-state index in [0.717, 1.165) is 6.07 Å². The number of nitrogens with one attached hydrogen (secondary N) is 1. The molecule has 0 bridgehead atoms. The molecule has 0 aliphatic carbocycles. The van der Waals surface area contributed by atoms with Crippen LogP contribution < -0.4 is 10.1 Å². The summed E-state index contributed by atoms with van der Waals surface area (Å²) in [5, 5.41) is 3.19. The standard InChI is InChI=1S/C14H9Cl3FNO2/c15-10-3-2-9(6-11(10)16)21-7-14(20)19-8-1-4-13(18)12(17)5-8/h1-6H,7H2,(H,19,20). The van der Waals surface area contributed by atoms with Gasteiger partial charge in [-0.1, -0.05) is 34.8 Å². The Kier molecular flexibility index (Phi) is 5.28. The third-order valence-electron chi connectivity index (χ3n) is 2.46. The molecule has 0 aliphatic rings. The maximum atomic E-state index is 13.0. The molecule has 3 nitrogen and oxygen atoms in total. The minimum Gasteiger partial charge on any atom is -0.484 e. The van der Waals surface area contributed by atoms with E-state index in [1.807, 2.05) is 0 Å². The molecular formula is C14H9Cl3FNO2. The highest BCUT2D eigenvalue weighted by Gasteiger charge is 2.07. The zero-order valence-corrected chi connectivity index (χ0v) is 12.8. The van der Waals surface area contributed by atoms with Gasteiger partial charge >= 0.3 is 0 Å². The molecule has 0 saturated heterocycles. The van der Waals surface area contributed by atoms with Gasteiger partial charge in [0.25, 0.3) is 5.91 Å². The van der Waals surface area contributed by atoms with Crippen molar-refractivity contribution in [1.29, 1.82) is 0 Å². The first-order valence-corrected chi connectivity index (χ1v) is 6.92. The molecule has 0 heterocycles. The van der Waals surface area contributed by atoms with Crippen LogP contribution in [0.1, 0.15) is 0 Å². The number of anilines is 1. The molecule has 2 rings (SSSR count). The number of carbonyl (C=O) groups is 1. The van der Waals surface area contributed by atoms with Gasteiger partial charge in [-0.2, -0.15) is 0 Å². The van der Waals surface area contributed by atoms with Gasteiger partial charge in [0.1, 0.15) is 11.6 Å². The predicted octanol–water partition coefficient (Wildman–Crippen LogP) is 4.80. The summed E-state index contributed by atoms with van der Waals surface area (Å²) in [5.74, 6) is -0.554. The van der Waals surface area contributed by atoms with Crippen LogP contribution in [0.4, 0.5) is 10.1 Å². The van der Waals surface area contributed by atoms with Gasteiger partial charge in [-0.25, -0.2) is 4.39 Å². The summed E-state index contributed by atoms with van der Waals surface area (Å²) >= 11 is 17.2. The normalized spacial score (nSPS) is 10.3. The van der Waals surface area contributed by atoms with Crippen LogP contribution in [0.3, 0.4) is 0 Å². The average Bonchev–Trinajstić information content (AvgIpc) is 2.44. The monoisotopic (exact) mass is 347 g/mol. The molecule has 0 spiro atoms.